The highest BCUT2D eigenvalue weighted by Gasteiger charge is 2.13. The van der Waals surface area contributed by atoms with E-state index < -0.39 is 0 Å². The van der Waals surface area contributed by atoms with Gasteiger partial charge < -0.3 is 4.74 Å². The lowest BCUT2D eigenvalue weighted by molar-refractivity contribution is 0.103. The molecule has 0 N–H and O–H groups in total. The van der Waals surface area contributed by atoms with Crippen molar-refractivity contribution in [1.29, 1.82) is 0 Å². The van der Waals surface area contributed by atoms with Crippen LogP contribution >= 0.6 is 11.3 Å². The summed E-state index contributed by atoms with van der Waals surface area (Å²) < 4.78 is 5.09. The number of benzene rings is 1. The molecule has 0 saturated heterocycles. The molecule has 0 atom stereocenters. The van der Waals surface area contributed by atoms with Crippen molar-refractivity contribution >= 4 is 17.1 Å². The van der Waals surface area contributed by atoms with E-state index in [1.54, 1.807) is 7.11 Å². The molecule has 0 unspecified atom stereocenters. The highest BCUT2D eigenvalue weighted by molar-refractivity contribution is 7.12. The van der Waals surface area contributed by atoms with Gasteiger partial charge in [0.15, 0.2) is 0 Å². The first-order valence-electron chi connectivity index (χ1n) is 4.98. The normalized spacial score (nSPS) is 10.3. The van der Waals surface area contributed by atoms with E-state index in [1.807, 2.05) is 41.8 Å². The van der Waals surface area contributed by atoms with E-state index in [0.29, 0.717) is 6.61 Å². The zero-order chi connectivity index (χ0) is 11.4. The van der Waals surface area contributed by atoms with Gasteiger partial charge in [0.2, 0.25) is 5.78 Å². The van der Waals surface area contributed by atoms with Crippen LogP contribution < -0.4 is 0 Å². The molecule has 0 aliphatic rings. The van der Waals surface area contributed by atoms with Gasteiger partial charge in [0.25, 0.3) is 0 Å². The third kappa shape index (κ3) is 2.21. The fourth-order valence-electron chi connectivity index (χ4n) is 1.56. The Hall–Kier alpha value is -1.45. The number of methoxy groups -OCH3 is 1. The van der Waals surface area contributed by atoms with E-state index in [9.17, 15) is 4.79 Å². The summed E-state index contributed by atoms with van der Waals surface area (Å²) in [5.74, 6) is 0.0719. The minimum absolute atomic E-state index is 0.0719. The lowest BCUT2D eigenvalue weighted by Gasteiger charge is -2.06. The van der Waals surface area contributed by atoms with Crippen molar-refractivity contribution in [1.82, 2.24) is 0 Å². The van der Waals surface area contributed by atoms with Gasteiger partial charge in [-0.25, -0.2) is 0 Å². The van der Waals surface area contributed by atoms with Gasteiger partial charge in [0.05, 0.1) is 11.5 Å². The SMILES string of the molecule is COCc1ccccc1C(=O)c1cccs1. The zero-order valence-electron chi connectivity index (χ0n) is 8.97. The van der Waals surface area contributed by atoms with Crippen LogP contribution in [0.15, 0.2) is 41.8 Å². The second-order valence-corrected chi connectivity index (χ2v) is 4.34. The van der Waals surface area contributed by atoms with Gasteiger partial charge in [-0.15, -0.1) is 11.3 Å². The first-order valence-corrected chi connectivity index (χ1v) is 5.86. The van der Waals surface area contributed by atoms with Gasteiger partial charge in [-0.1, -0.05) is 30.3 Å². The number of carbonyl (C=O) groups is 1. The maximum Gasteiger partial charge on any atom is 0.203 e. The summed E-state index contributed by atoms with van der Waals surface area (Å²) in [6.07, 6.45) is 0. The Bertz CT molecular complexity index is 474. The quantitative estimate of drug-likeness (QED) is 0.757. The van der Waals surface area contributed by atoms with Gasteiger partial charge in [-0.3, -0.25) is 4.79 Å². The predicted molar refractivity (Wildman–Crippen MR) is 64.9 cm³/mol. The molecule has 82 valence electrons. The maximum absolute atomic E-state index is 12.2. The van der Waals surface area contributed by atoms with Crippen molar-refractivity contribution in [2.24, 2.45) is 0 Å². The van der Waals surface area contributed by atoms with Crippen LogP contribution in [0.4, 0.5) is 0 Å². The van der Waals surface area contributed by atoms with Crippen LogP contribution in [-0.4, -0.2) is 12.9 Å². The monoisotopic (exact) mass is 232 g/mol. The molecule has 0 saturated carbocycles. The number of rotatable bonds is 4. The molecule has 0 radical (unpaired) electrons. The molecule has 1 aromatic carbocycles. The lowest BCUT2D eigenvalue weighted by atomic mass is 10.0. The lowest BCUT2D eigenvalue weighted by Crippen LogP contribution is -2.04. The number of thiophene rings is 1. The fourth-order valence-corrected chi connectivity index (χ4v) is 2.24. The Morgan fingerprint density at radius 1 is 1.25 bits per heavy atom. The van der Waals surface area contributed by atoms with Crippen LogP contribution in [0, 0.1) is 0 Å². The van der Waals surface area contributed by atoms with E-state index in [-0.39, 0.29) is 5.78 Å². The summed E-state index contributed by atoms with van der Waals surface area (Å²) in [6.45, 7) is 0.466. The molecule has 2 rings (SSSR count). The van der Waals surface area contributed by atoms with E-state index >= 15 is 0 Å². The van der Waals surface area contributed by atoms with Crippen molar-refractivity contribution < 1.29 is 9.53 Å². The summed E-state index contributed by atoms with van der Waals surface area (Å²) in [7, 11) is 1.63. The first kappa shape index (κ1) is 11.0. The van der Waals surface area contributed by atoms with Gasteiger partial charge in [-0.2, -0.15) is 0 Å². The highest BCUT2D eigenvalue weighted by Crippen LogP contribution is 2.18. The number of ketones is 1. The minimum atomic E-state index is 0.0719. The smallest absolute Gasteiger partial charge is 0.203 e. The highest BCUT2D eigenvalue weighted by atomic mass is 32.1. The first-order chi connectivity index (χ1) is 7.83. The largest absolute Gasteiger partial charge is 0.380 e. The molecule has 0 spiro atoms. The van der Waals surface area contributed by atoms with Gasteiger partial charge in [0, 0.05) is 12.7 Å². The molecule has 0 aliphatic carbocycles. The van der Waals surface area contributed by atoms with Crippen LogP contribution in [0.5, 0.6) is 0 Å². The van der Waals surface area contributed by atoms with Crippen molar-refractivity contribution in [3.63, 3.8) is 0 Å². The maximum atomic E-state index is 12.2. The van der Waals surface area contributed by atoms with E-state index in [1.165, 1.54) is 11.3 Å². The summed E-state index contributed by atoms with van der Waals surface area (Å²) >= 11 is 1.46. The number of carbonyl (C=O) groups excluding carboxylic acids is 1. The second kappa shape index (κ2) is 5.05. The summed E-state index contributed by atoms with van der Waals surface area (Å²) in [5, 5.41) is 1.91. The third-order valence-electron chi connectivity index (χ3n) is 2.31. The third-order valence-corrected chi connectivity index (χ3v) is 3.18. The van der Waals surface area contributed by atoms with E-state index in [2.05, 4.69) is 0 Å². The molecule has 3 heteroatoms. The predicted octanol–water partition coefficient (Wildman–Crippen LogP) is 3.13. The number of hydrogen-bond donors (Lipinski definition) is 0. The summed E-state index contributed by atoms with van der Waals surface area (Å²) in [5.41, 5.74) is 1.66. The van der Waals surface area contributed by atoms with Crippen molar-refractivity contribution in [3.8, 4) is 0 Å². The van der Waals surface area contributed by atoms with Crippen LogP contribution in [0.3, 0.4) is 0 Å². The molecule has 1 aromatic heterocycles. The molecule has 0 fully saturated rings. The molecule has 2 aromatic rings. The molecular formula is C13H12O2S. The fraction of sp³-hybridized carbons (Fsp3) is 0.154. The van der Waals surface area contributed by atoms with Gasteiger partial charge in [0.1, 0.15) is 0 Å². The number of ether oxygens (including phenoxy) is 1. The Morgan fingerprint density at radius 3 is 2.75 bits per heavy atom. The zero-order valence-corrected chi connectivity index (χ0v) is 9.79. The Kier molecular flexibility index (Phi) is 3.49. The average Bonchev–Trinajstić information content (AvgIpc) is 2.83. The average molecular weight is 232 g/mol. The van der Waals surface area contributed by atoms with Crippen molar-refractivity contribution in [3.05, 3.63) is 57.8 Å². The topological polar surface area (TPSA) is 26.3 Å². The summed E-state index contributed by atoms with van der Waals surface area (Å²) in [6, 6.07) is 11.3. The van der Waals surface area contributed by atoms with E-state index in [4.69, 9.17) is 4.74 Å². The molecule has 0 bridgehead atoms. The number of hydrogen-bond acceptors (Lipinski definition) is 3. The van der Waals surface area contributed by atoms with Crippen molar-refractivity contribution in [2.45, 2.75) is 6.61 Å². The van der Waals surface area contributed by atoms with Gasteiger partial charge >= 0.3 is 0 Å². The second-order valence-electron chi connectivity index (χ2n) is 3.40. The summed E-state index contributed by atoms with van der Waals surface area (Å²) in [4.78, 5) is 12.9. The minimum Gasteiger partial charge on any atom is -0.380 e. The molecule has 0 aliphatic heterocycles. The standard InChI is InChI=1S/C13H12O2S/c1-15-9-10-5-2-3-6-11(10)13(14)12-7-4-8-16-12/h2-8H,9H2,1H3. The Balaban J connectivity index is 2.36. The van der Waals surface area contributed by atoms with E-state index in [0.717, 1.165) is 16.0 Å². The molecular weight excluding hydrogens is 220 g/mol. The molecule has 16 heavy (non-hydrogen) atoms. The van der Waals surface area contributed by atoms with Crippen LogP contribution in [0.25, 0.3) is 0 Å². The van der Waals surface area contributed by atoms with Crippen molar-refractivity contribution in [2.75, 3.05) is 7.11 Å². The molecule has 0 amide bonds. The van der Waals surface area contributed by atoms with Crippen LogP contribution in [0.2, 0.25) is 0 Å². The van der Waals surface area contributed by atoms with Crippen LogP contribution in [-0.2, 0) is 11.3 Å². The Labute approximate surface area is 98.5 Å². The molecule has 2 nitrogen and oxygen atoms in total. The molecule has 1 heterocycles. The van der Waals surface area contributed by atoms with Crippen LogP contribution in [0.1, 0.15) is 20.8 Å². The van der Waals surface area contributed by atoms with Gasteiger partial charge in [-0.05, 0) is 17.0 Å². The Morgan fingerprint density at radius 2 is 2.06 bits per heavy atom.